The van der Waals surface area contributed by atoms with Crippen LogP contribution in [-0.4, -0.2) is 0 Å². The van der Waals surface area contributed by atoms with Crippen molar-refractivity contribution in [1.29, 1.82) is 0 Å². The van der Waals surface area contributed by atoms with Gasteiger partial charge in [0.2, 0.25) is 0 Å². The van der Waals surface area contributed by atoms with Crippen LogP contribution in [0.3, 0.4) is 0 Å². The van der Waals surface area contributed by atoms with Crippen molar-refractivity contribution in [3.63, 3.8) is 0 Å². The highest BCUT2D eigenvalue weighted by Crippen LogP contribution is 2.27. The summed E-state index contributed by atoms with van der Waals surface area (Å²) >= 11 is 0. The first-order valence-corrected chi connectivity index (χ1v) is 7.25. The third kappa shape index (κ3) is 10.5. The Balaban J connectivity index is 3.85. The molecule has 0 heteroatoms. The molecule has 0 aliphatic heterocycles. The van der Waals surface area contributed by atoms with E-state index in [4.69, 9.17) is 0 Å². The lowest BCUT2D eigenvalue weighted by atomic mass is 9.86. The summed E-state index contributed by atoms with van der Waals surface area (Å²) in [4.78, 5) is 0. The molecule has 0 aromatic carbocycles. The third-order valence-electron chi connectivity index (χ3n) is 3.23. The molecule has 0 rings (SSSR count). The highest BCUT2D eigenvalue weighted by atomic mass is 14.2. The average molecular weight is 225 g/mol. The molecule has 0 saturated carbocycles. The topological polar surface area (TPSA) is 0 Å². The molecule has 0 nitrogen and oxygen atoms in total. The van der Waals surface area contributed by atoms with Crippen molar-refractivity contribution < 1.29 is 0 Å². The second-order valence-corrected chi connectivity index (χ2v) is 6.55. The molecule has 0 aromatic heterocycles. The molecule has 0 atom stereocenters. The molecule has 0 heterocycles. The normalized spacial score (nSPS) is 12.4. The van der Waals surface area contributed by atoms with E-state index in [1.807, 2.05) is 5.92 Å². The van der Waals surface area contributed by atoms with Crippen molar-refractivity contribution in [3.8, 4) is 0 Å². The zero-order valence-corrected chi connectivity index (χ0v) is 12.5. The second kappa shape index (κ2) is 9.07. The van der Waals surface area contributed by atoms with Gasteiger partial charge in [0.15, 0.2) is 0 Å². The van der Waals surface area contributed by atoms with Crippen molar-refractivity contribution in [2.45, 2.75) is 80.1 Å². The van der Waals surface area contributed by atoms with Gasteiger partial charge in [-0.2, -0.15) is 0 Å². The molecule has 0 fully saturated rings. The van der Waals surface area contributed by atoms with Crippen LogP contribution in [0.4, 0.5) is 0 Å². The van der Waals surface area contributed by atoms with Gasteiger partial charge in [-0.3, -0.25) is 0 Å². The summed E-state index contributed by atoms with van der Waals surface area (Å²) in [5.74, 6) is 4.39. The van der Waals surface area contributed by atoms with Crippen LogP contribution in [0.25, 0.3) is 0 Å². The van der Waals surface area contributed by atoms with E-state index >= 15 is 0 Å². The summed E-state index contributed by atoms with van der Waals surface area (Å²) in [6.07, 6.45) is 8.26. The van der Waals surface area contributed by atoms with Gasteiger partial charge in [0.25, 0.3) is 0 Å². The molecule has 16 heavy (non-hydrogen) atoms. The highest BCUT2D eigenvalue weighted by molar-refractivity contribution is 4.90. The Kier molecular flexibility index (Phi) is 9.07. The Labute approximate surface area is 104 Å². The van der Waals surface area contributed by atoms with Crippen molar-refractivity contribution >= 4 is 0 Å². The van der Waals surface area contributed by atoms with E-state index in [9.17, 15) is 0 Å². The predicted molar refractivity (Wildman–Crippen MR) is 75.5 cm³/mol. The summed E-state index contributed by atoms with van der Waals surface area (Å²) in [5, 5.41) is 0. The van der Waals surface area contributed by atoms with E-state index in [1.54, 1.807) is 0 Å². The summed E-state index contributed by atoms with van der Waals surface area (Å²) in [5.41, 5.74) is 0. The minimum absolute atomic E-state index is 0.855. The summed E-state index contributed by atoms with van der Waals surface area (Å²) in [6, 6.07) is 0. The zero-order valence-electron chi connectivity index (χ0n) is 12.5. The summed E-state index contributed by atoms with van der Waals surface area (Å²) in [6.45, 7) is 14.0. The van der Waals surface area contributed by atoms with Crippen LogP contribution >= 0.6 is 0 Å². The monoisotopic (exact) mass is 225 g/mol. The molecule has 0 saturated heterocycles. The lowest BCUT2D eigenvalue weighted by molar-refractivity contribution is 0.461. The first kappa shape index (κ1) is 16.0. The van der Waals surface area contributed by atoms with Gasteiger partial charge in [-0.05, 0) is 42.9 Å². The predicted octanol–water partition coefficient (Wildman–Crippen LogP) is 5.87. The van der Waals surface area contributed by atoms with Crippen LogP contribution < -0.4 is 0 Å². The molecular weight excluding hydrogens is 192 g/mol. The Morgan fingerprint density at radius 3 is 1.00 bits per heavy atom. The molecule has 0 N–H and O–H groups in total. The summed E-state index contributed by atoms with van der Waals surface area (Å²) < 4.78 is 0. The molecule has 97 valence electrons. The largest absolute Gasteiger partial charge is 0.0628 e. The fourth-order valence-electron chi connectivity index (χ4n) is 1.85. The number of hydrogen-bond acceptors (Lipinski definition) is 0. The maximum atomic E-state index is 2.34. The Hall–Kier alpha value is 0. The average Bonchev–Trinajstić information content (AvgIpc) is 2.15. The molecule has 0 amide bonds. The quantitative estimate of drug-likeness (QED) is 0.460. The second-order valence-electron chi connectivity index (χ2n) is 6.55. The van der Waals surface area contributed by atoms with Gasteiger partial charge in [0, 0.05) is 0 Å². The molecule has 0 spiro atoms. The molecular formula is C16H33. The van der Waals surface area contributed by atoms with Crippen LogP contribution in [0.1, 0.15) is 80.1 Å². The van der Waals surface area contributed by atoms with Crippen LogP contribution in [-0.2, 0) is 0 Å². The zero-order chi connectivity index (χ0) is 12.6. The maximum absolute atomic E-state index is 2.34. The van der Waals surface area contributed by atoms with E-state index < -0.39 is 0 Å². The van der Waals surface area contributed by atoms with Crippen LogP contribution in [0, 0.1) is 23.7 Å². The highest BCUT2D eigenvalue weighted by Gasteiger charge is 2.12. The van der Waals surface area contributed by atoms with Crippen LogP contribution in [0.2, 0.25) is 0 Å². The lowest BCUT2D eigenvalue weighted by Gasteiger charge is -2.19. The number of rotatable bonds is 9. The SMILES string of the molecule is CC(C)CC[C](CCC(C)C)CCC(C)C. The molecule has 0 aromatic rings. The minimum Gasteiger partial charge on any atom is -0.0628 e. The Morgan fingerprint density at radius 1 is 0.562 bits per heavy atom. The fourth-order valence-corrected chi connectivity index (χ4v) is 1.85. The van der Waals surface area contributed by atoms with Crippen LogP contribution in [0.15, 0.2) is 0 Å². The van der Waals surface area contributed by atoms with Crippen molar-refractivity contribution in [1.82, 2.24) is 0 Å². The van der Waals surface area contributed by atoms with Gasteiger partial charge in [-0.15, -0.1) is 0 Å². The third-order valence-corrected chi connectivity index (χ3v) is 3.23. The minimum atomic E-state index is 0.855. The molecule has 0 unspecified atom stereocenters. The van der Waals surface area contributed by atoms with E-state index in [0.717, 1.165) is 17.8 Å². The van der Waals surface area contributed by atoms with Crippen molar-refractivity contribution in [2.75, 3.05) is 0 Å². The fraction of sp³-hybridized carbons (Fsp3) is 0.938. The smallest absolute Gasteiger partial charge is 0.0241 e. The van der Waals surface area contributed by atoms with E-state index in [-0.39, 0.29) is 0 Å². The molecule has 0 aliphatic rings. The number of hydrogen-bond donors (Lipinski definition) is 0. The maximum Gasteiger partial charge on any atom is -0.0241 e. The lowest BCUT2D eigenvalue weighted by Crippen LogP contribution is -2.04. The Morgan fingerprint density at radius 2 is 0.812 bits per heavy atom. The van der Waals surface area contributed by atoms with E-state index in [1.165, 1.54) is 38.5 Å². The van der Waals surface area contributed by atoms with Gasteiger partial charge in [0.1, 0.15) is 0 Å². The van der Waals surface area contributed by atoms with Crippen molar-refractivity contribution in [2.24, 2.45) is 17.8 Å². The standard InChI is InChI=1S/C16H33/c1-13(2)7-10-16(11-8-14(3)4)12-9-15(5)6/h13-15H,7-12H2,1-6H3. The molecule has 0 bridgehead atoms. The first-order chi connectivity index (χ1) is 7.41. The summed E-state index contributed by atoms with van der Waals surface area (Å²) in [7, 11) is 0. The molecule has 1 radical (unpaired) electrons. The van der Waals surface area contributed by atoms with Gasteiger partial charge >= 0.3 is 0 Å². The van der Waals surface area contributed by atoms with Gasteiger partial charge < -0.3 is 0 Å². The van der Waals surface area contributed by atoms with Gasteiger partial charge in [0.05, 0.1) is 0 Å². The molecule has 0 aliphatic carbocycles. The van der Waals surface area contributed by atoms with Crippen LogP contribution in [0.5, 0.6) is 0 Å². The van der Waals surface area contributed by atoms with Gasteiger partial charge in [-0.25, -0.2) is 0 Å². The van der Waals surface area contributed by atoms with E-state index in [0.29, 0.717) is 0 Å². The van der Waals surface area contributed by atoms with Gasteiger partial charge in [-0.1, -0.05) is 60.8 Å². The first-order valence-electron chi connectivity index (χ1n) is 7.25. The van der Waals surface area contributed by atoms with E-state index in [2.05, 4.69) is 41.5 Å². The van der Waals surface area contributed by atoms with Crippen molar-refractivity contribution in [3.05, 3.63) is 5.92 Å². The Bertz CT molecular complexity index is 116.